The summed E-state index contributed by atoms with van der Waals surface area (Å²) in [5, 5.41) is 3.64. The van der Waals surface area contributed by atoms with Crippen molar-refractivity contribution in [1.82, 2.24) is 14.9 Å². The van der Waals surface area contributed by atoms with Gasteiger partial charge in [0, 0.05) is 31.9 Å². The van der Waals surface area contributed by atoms with Gasteiger partial charge in [-0.2, -0.15) is 0 Å². The van der Waals surface area contributed by atoms with Crippen molar-refractivity contribution in [3.63, 3.8) is 0 Å². The maximum Gasteiger partial charge on any atom is 0.110 e. The van der Waals surface area contributed by atoms with Crippen LogP contribution in [0.3, 0.4) is 0 Å². The Kier molecular flexibility index (Phi) is 4.96. The van der Waals surface area contributed by atoms with Gasteiger partial charge in [-0.05, 0) is 43.5 Å². The number of rotatable bonds is 6. The normalized spacial score (nSPS) is 12.6. The molecule has 0 aliphatic heterocycles. The number of nitrogens with zero attached hydrogens (tertiary/aromatic N) is 2. The molecule has 108 valence electrons. The Balaban J connectivity index is 2.22. The SMILES string of the molecule is CCCNC(Cc1nccn1C)c1ccc(C)c(C)c1. The third kappa shape index (κ3) is 3.48. The zero-order chi connectivity index (χ0) is 14.5. The summed E-state index contributed by atoms with van der Waals surface area (Å²) in [7, 11) is 2.06. The molecular weight excluding hydrogens is 246 g/mol. The molecule has 3 heteroatoms. The molecule has 0 radical (unpaired) electrons. The Labute approximate surface area is 122 Å². The molecule has 1 N–H and O–H groups in total. The number of hydrogen-bond acceptors (Lipinski definition) is 2. The highest BCUT2D eigenvalue weighted by atomic mass is 15.0. The first-order chi connectivity index (χ1) is 9.61. The van der Waals surface area contributed by atoms with Crippen molar-refractivity contribution in [3.05, 3.63) is 53.1 Å². The largest absolute Gasteiger partial charge is 0.338 e. The van der Waals surface area contributed by atoms with E-state index in [9.17, 15) is 0 Å². The second-order valence-corrected chi connectivity index (χ2v) is 5.51. The zero-order valence-electron chi connectivity index (χ0n) is 13.0. The molecular formula is C17H25N3. The monoisotopic (exact) mass is 271 g/mol. The third-order valence-electron chi connectivity index (χ3n) is 3.88. The molecule has 0 fully saturated rings. The van der Waals surface area contributed by atoms with Crippen molar-refractivity contribution >= 4 is 0 Å². The lowest BCUT2D eigenvalue weighted by Crippen LogP contribution is -2.25. The minimum absolute atomic E-state index is 0.329. The second kappa shape index (κ2) is 6.71. The van der Waals surface area contributed by atoms with Gasteiger partial charge >= 0.3 is 0 Å². The van der Waals surface area contributed by atoms with E-state index in [0.717, 1.165) is 25.2 Å². The Bertz CT molecular complexity index is 557. The van der Waals surface area contributed by atoms with Crippen molar-refractivity contribution in [2.45, 2.75) is 39.7 Å². The van der Waals surface area contributed by atoms with Gasteiger partial charge in [0.15, 0.2) is 0 Å². The summed E-state index contributed by atoms with van der Waals surface area (Å²) in [5.41, 5.74) is 4.05. The first-order valence-electron chi connectivity index (χ1n) is 7.38. The van der Waals surface area contributed by atoms with Crippen LogP contribution >= 0.6 is 0 Å². The van der Waals surface area contributed by atoms with E-state index in [4.69, 9.17) is 0 Å². The summed E-state index contributed by atoms with van der Waals surface area (Å²) in [6, 6.07) is 7.07. The molecule has 0 aliphatic rings. The second-order valence-electron chi connectivity index (χ2n) is 5.51. The van der Waals surface area contributed by atoms with Crippen LogP contribution in [0.15, 0.2) is 30.6 Å². The molecule has 2 rings (SSSR count). The van der Waals surface area contributed by atoms with Gasteiger partial charge in [-0.15, -0.1) is 0 Å². The zero-order valence-corrected chi connectivity index (χ0v) is 13.0. The minimum Gasteiger partial charge on any atom is -0.338 e. The first-order valence-corrected chi connectivity index (χ1v) is 7.38. The number of benzene rings is 1. The van der Waals surface area contributed by atoms with Crippen molar-refractivity contribution in [2.24, 2.45) is 7.05 Å². The number of aromatic nitrogens is 2. The van der Waals surface area contributed by atoms with Crippen LogP contribution in [-0.4, -0.2) is 16.1 Å². The molecule has 0 aliphatic carbocycles. The standard InChI is InChI=1S/C17H25N3/c1-5-8-18-16(12-17-19-9-10-20(17)4)15-7-6-13(2)14(3)11-15/h6-7,9-11,16,18H,5,8,12H2,1-4H3. The van der Waals surface area contributed by atoms with Gasteiger partial charge in [-0.25, -0.2) is 4.98 Å². The quantitative estimate of drug-likeness (QED) is 0.873. The van der Waals surface area contributed by atoms with Crippen LogP contribution < -0.4 is 5.32 Å². The lowest BCUT2D eigenvalue weighted by atomic mass is 9.98. The Morgan fingerprint density at radius 1 is 1.25 bits per heavy atom. The van der Waals surface area contributed by atoms with E-state index in [-0.39, 0.29) is 0 Å². The predicted molar refractivity (Wildman–Crippen MR) is 83.9 cm³/mol. The highest BCUT2D eigenvalue weighted by molar-refractivity contribution is 5.32. The lowest BCUT2D eigenvalue weighted by Gasteiger charge is -2.20. The maximum absolute atomic E-state index is 4.45. The molecule has 0 bridgehead atoms. The smallest absolute Gasteiger partial charge is 0.110 e. The Hall–Kier alpha value is -1.61. The van der Waals surface area contributed by atoms with Crippen LogP contribution in [0.1, 0.15) is 41.9 Å². The Morgan fingerprint density at radius 2 is 2.05 bits per heavy atom. The van der Waals surface area contributed by atoms with Gasteiger partial charge in [0.05, 0.1) is 0 Å². The van der Waals surface area contributed by atoms with E-state index < -0.39 is 0 Å². The van der Waals surface area contributed by atoms with Crippen molar-refractivity contribution in [3.8, 4) is 0 Å². The van der Waals surface area contributed by atoms with Crippen LogP contribution in [0, 0.1) is 13.8 Å². The number of aryl methyl sites for hydroxylation is 3. The number of hydrogen-bond donors (Lipinski definition) is 1. The van der Waals surface area contributed by atoms with Gasteiger partial charge in [0.25, 0.3) is 0 Å². The summed E-state index contributed by atoms with van der Waals surface area (Å²) < 4.78 is 2.10. The number of imidazole rings is 1. The van der Waals surface area contributed by atoms with Gasteiger partial charge in [0.2, 0.25) is 0 Å². The van der Waals surface area contributed by atoms with Gasteiger partial charge in [0.1, 0.15) is 5.82 Å². The molecule has 0 saturated heterocycles. The molecule has 0 spiro atoms. The molecule has 2 aromatic rings. The number of nitrogens with one attached hydrogen (secondary N) is 1. The van der Waals surface area contributed by atoms with E-state index >= 15 is 0 Å². The van der Waals surface area contributed by atoms with Crippen LogP contribution in [-0.2, 0) is 13.5 Å². The summed E-state index contributed by atoms with van der Waals surface area (Å²) in [6.07, 6.45) is 5.94. The van der Waals surface area contributed by atoms with Crippen molar-refractivity contribution in [1.29, 1.82) is 0 Å². The van der Waals surface area contributed by atoms with E-state index in [1.807, 2.05) is 12.4 Å². The summed E-state index contributed by atoms with van der Waals surface area (Å²) >= 11 is 0. The fraction of sp³-hybridized carbons (Fsp3) is 0.471. The molecule has 0 saturated carbocycles. The topological polar surface area (TPSA) is 29.9 Å². The van der Waals surface area contributed by atoms with Crippen LogP contribution in [0.4, 0.5) is 0 Å². The fourth-order valence-electron chi connectivity index (χ4n) is 2.38. The highest BCUT2D eigenvalue weighted by Crippen LogP contribution is 2.20. The molecule has 1 aromatic heterocycles. The average Bonchev–Trinajstić information content (AvgIpc) is 2.83. The van der Waals surface area contributed by atoms with Crippen LogP contribution in [0.25, 0.3) is 0 Å². The molecule has 1 unspecified atom stereocenters. The van der Waals surface area contributed by atoms with Crippen LogP contribution in [0.5, 0.6) is 0 Å². The lowest BCUT2D eigenvalue weighted by molar-refractivity contribution is 0.511. The van der Waals surface area contributed by atoms with Crippen molar-refractivity contribution < 1.29 is 0 Å². The van der Waals surface area contributed by atoms with E-state index in [0.29, 0.717) is 6.04 Å². The van der Waals surface area contributed by atoms with Gasteiger partial charge in [-0.3, -0.25) is 0 Å². The minimum atomic E-state index is 0.329. The van der Waals surface area contributed by atoms with Crippen molar-refractivity contribution in [2.75, 3.05) is 6.54 Å². The Morgan fingerprint density at radius 3 is 2.65 bits per heavy atom. The highest BCUT2D eigenvalue weighted by Gasteiger charge is 2.14. The molecule has 3 nitrogen and oxygen atoms in total. The summed E-state index contributed by atoms with van der Waals surface area (Å²) in [5.74, 6) is 1.12. The first kappa shape index (κ1) is 14.8. The van der Waals surface area contributed by atoms with E-state index in [1.165, 1.54) is 16.7 Å². The summed E-state index contributed by atoms with van der Waals surface area (Å²) in [6.45, 7) is 7.57. The van der Waals surface area contributed by atoms with Gasteiger partial charge in [-0.1, -0.05) is 25.1 Å². The summed E-state index contributed by atoms with van der Waals surface area (Å²) in [4.78, 5) is 4.45. The maximum atomic E-state index is 4.45. The molecule has 1 aromatic carbocycles. The van der Waals surface area contributed by atoms with Gasteiger partial charge < -0.3 is 9.88 Å². The fourth-order valence-corrected chi connectivity index (χ4v) is 2.38. The average molecular weight is 271 g/mol. The van der Waals surface area contributed by atoms with Crippen LogP contribution in [0.2, 0.25) is 0 Å². The molecule has 20 heavy (non-hydrogen) atoms. The molecule has 1 atom stereocenters. The third-order valence-corrected chi connectivity index (χ3v) is 3.88. The van der Waals surface area contributed by atoms with E-state index in [2.05, 4.69) is 60.9 Å². The van der Waals surface area contributed by atoms with E-state index in [1.54, 1.807) is 0 Å². The molecule has 1 heterocycles. The predicted octanol–water partition coefficient (Wildman–Crippen LogP) is 3.32. The molecule has 0 amide bonds.